The van der Waals surface area contributed by atoms with E-state index in [1.807, 2.05) is 12.1 Å². The Balaban J connectivity index is 2.13. The number of benzene rings is 1. The van der Waals surface area contributed by atoms with Crippen molar-refractivity contribution in [2.24, 2.45) is 0 Å². The van der Waals surface area contributed by atoms with Crippen LogP contribution in [0.15, 0.2) is 30.7 Å². The van der Waals surface area contributed by atoms with Crippen LogP contribution < -0.4 is 0 Å². The van der Waals surface area contributed by atoms with Gasteiger partial charge in [0.05, 0.1) is 33.3 Å². The monoisotopic (exact) mass is 340 g/mol. The highest BCUT2D eigenvalue weighted by molar-refractivity contribution is 6.42. The number of halogens is 3. The van der Waals surface area contributed by atoms with E-state index >= 15 is 0 Å². The van der Waals surface area contributed by atoms with Crippen LogP contribution in [0.4, 0.5) is 0 Å². The highest BCUT2D eigenvalue weighted by Crippen LogP contribution is 2.29. The molecule has 0 N–H and O–H groups in total. The third-order valence-corrected chi connectivity index (χ3v) is 4.06. The first-order chi connectivity index (χ1) is 10.2. The molecule has 0 saturated carbocycles. The number of aryl methyl sites for hydroxylation is 1. The molecular weight excluding hydrogens is 331 g/mol. The normalized spacial score (nSPS) is 11.2. The van der Waals surface area contributed by atoms with E-state index in [9.17, 15) is 0 Å². The molecule has 2 heterocycles. The Labute approximate surface area is 136 Å². The molecule has 0 aliphatic heterocycles. The van der Waals surface area contributed by atoms with Crippen LogP contribution in [0.25, 0.3) is 11.0 Å². The SMILES string of the molecule is ClCCc1nc2cc(Cl)c(Cl)cc2n1Cc1ccncn1. The standard InChI is InChI=1S/C14H11Cl3N4/c15-3-1-14-20-12-5-10(16)11(17)6-13(12)21(14)7-9-2-4-18-8-19-9/h2,4-6,8H,1,3,7H2. The molecule has 0 atom stereocenters. The summed E-state index contributed by atoms with van der Waals surface area (Å²) >= 11 is 18.1. The third-order valence-electron chi connectivity index (χ3n) is 3.15. The van der Waals surface area contributed by atoms with Crippen molar-refractivity contribution >= 4 is 45.8 Å². The molecule has 0 aliphatic rings. The van der Waals surface area contributed by atoms with Gasteiger partial charge in [-0.15, -0.1) is 11.6 Å². The fraction of sp³-hybridized carbons (Fsp3) is 0.214. The average Bonchev–Trinajstić information content (AvgIpc) is 2.79. The van der Waals surface area contributed by atoms with E-state index in [1.54, 1.807) is 12.3 Å². The largest absolute Gasteiger partial charge is 0.322 e. The topological polar surface area (TPSA) is 43.6 Å². The van der Waals surface area contributed by atoms with Gasteiger partial charge in [-0.1, -0.05) is 23.2 Å². The van der Waals surface area contributed by atoms with Crippen LogP contribution in [-0.2, 0) is 13.0 Å². The number of rotatable bonds is 4. The molecule has 0 spiro atoms. The van der Waals surface area contributed by atoms with E-state index in [4.69, 9.17) is 34.8 Å². The molecule has 4 nitrogen and oxygen atoms in total. The van der Waals surface area contributed by atoms with Crippen LogP contribution in [0, 0.1) is 0 Å². The van der Waals surface area contributed by atoms with Gasteiger partial charge in [-0.05, 0) is 18.2 Å². The molecule has 108 valence electrons. The first kappa shape index (κ1) is 14.6. The van der Waals surface area contributed by atoms with Gasteiger partial charge in [0, 0.05) is 18.5 Å². The quantitative estimate of drug-likeness (QED) is 0.675. The van der Waals surface area contributed by atoms with Gasteiger partial charge in [0.15, 0.2) is 0 Å². The van der Waals surface area contributed by atoms with Crippen molar-refractivity contribution in [3.8, 4) is 0 Å². The van der Waals surface area contributed by atoms with Crippen LogP contribution >= 0.6 is 34.8 Å². The number of fused-ring (bicyclic) bond motifs is 1. The molecule has 0 saturated heterocycles. The van der Waals surface area contributed by atoms with E-state index in [0.717, 1.165) is 22.6 Å². The minimum absolute atomic E-state index is 0.494. The lowest BCUT2D eigenvalue weighted by Gasteiger charge is -2.08. The average molecular weight is 342 g/mol. The van der Waals surface area contributed by atoms with Crippen LogP contribution in [0.3, 0.4) is 0 Å². The summed E-state index contributed by atoms with van der Waals surface area (Å²) in [7, 11) is 0. The molecule has 2 aromatic heterocycles. The predicted octanol–water partition coefficient (Wildman–Crippen LogP) is 3.96. The number of imidazole rings is 1. The molecule has 0 bridgehead atoms. The summed E-state index contributed by atoms with van der Waals surface area (Å²) in [6, 6.07) is 5.46. The van der Waals surface area contributed by atoms with Gasteiger partial charge in [0.1, 0.15) is 12.2 Å². The second kappa shape index (κ2) is 6.18. The van der Waals surface area contributed by atoms with E-state index in [1.165, 1.54) is 6.33 Å². The predicted molar refractivity (Wildman–Crippen MR) is 85.3 cm³/mol. The number of nitrogens with zero attached hydrogens (tertiary/aromatic N) is 4. The first-order valence-corrected chi connectivity index (χ1v) is 7.63. The number of hydrogen-bond donors (Lipinski definition) is 0. The number of hydrogen-bond acceptors (Lipinski definition) is 3. The maximum absolute atomic E-state index is 6.12. The van der Waals surface area contributed by atoms with E-state index in [0.29, 0.717) is 28.9 Å². The zero-order chi connectivity index (χ0) is 14.8. The lowest BCUT2D eigenvalue weighted by molar-refractivity contribution is 0.735. The maximum atomic E-state index is 6.12. The van der Waals surface area contributed by atoms with Crippen molar-refractivity contribution in [2.45, 2.75) is 13.0 Å². The van der Waals surface area contributed by atoms with E-state index in [-0.39, 0.29) is 0 Å². The van der Waals surface area contributed by atoms with Gasteiger partial charge < -0.3 is 4.57 Å². The molecule has 21 heavy (non-hydrogen) atoms. The molecule has 0 unspecified atom stereocenters. The van der Waals surface area contributed by atoms with Crippen molar-refractivity contribution in [3.05, 3.63) is 52.3 Å². The van der Waals surface area contributed by atoms with Crippen molar-refractivity contribution in [3.63, 3.8) is 0 Å². The van der Waals surface area contributed by atoms with Crippen molar-refractivity contribution in [1.82, 2.24) is 19.5 Å². The molecule has 1 aromatic carbocycles. The lowest BCUT2D eigenvalue weighted by atomic mass is 10.3. The molecule has 0 amide bonds. The van der Waals surface area contributed by atoms with Gasteiger partial charge in [0.25, 0.3) is 0 Å². The molecule has 7 heteroatoms. The Morgan fingerprint density at radius 3 is 2.67 bits per heavy atom. The highest BCUT2D eigenvalue weighted by Gasteiger charge is 2.13. The smallest absolute Gasteiger partial charge is 0.115 e. The molecular formula is C14H11Cl3N4. The molecule has 0 fully saturated rings. The molecule has 0 aliphatic carbocycles. The summed E-state index contributed by atoms with van der Waals surface area (Å²) in [5, 5.41) is 0.999. The van der Waals surface area contributed by atoms with Crippen LogP contribution in [0.5, 0.6) is 0 Å². The zero-order valence-electron chi connectivity index (χ0n) is 10.9. The summed E-state index contributed by atoms with van der Waals surface area (Å²) in [5.74, 6) is 1.38. The second-order valence-corrected chi connectivity index (χ2v) is 5.70. The summed E-state index contributed by atoms with van der Waals surface area (Å²) in [6.45, 7) is 0.587. The zero-order valence-corrected chi connectivity index (χ0v) is 13.2. The Hall–Kier alpha value is -1.36. The number of aromatic nitrogens is 4. The van der Waals surface area contributed by atoms with Gasteiger partial charge >= 0.3 is 0 Å². The van der Waals surface area contributed by atoms with E-state index < -0.39 is 0 Å². The van der Waals surface area contributed by atoms with Crippen LogP contribution in [-0.4, -0.2) is 25.4 Å². The van der Waals surface area contributed by atoms with Gasteiger partial charge in [0.2, 0.25) is 0 Å². The molecule has 3 rings (SSSR count). The Bertz CT molecular complexity index is 771. The van der Waals surface area contributed by atoms with Gasteiger partial charge in [-0.3, -0.25) is 0 Å². The fourth-order valence-corrected chi connectivity index (χ4v) is 2.68. The van der Waals surface area contributed by atoms with Crippen molar-refractivity contribution in [2.75, 3.05) is 5.88 Å². The van der Waals surface area contributed by atoms with Gasteiger partial charge in [-0.25, -0.2) is 15.0 Å². The highest BCUT2D eigenvalue weighted by atomic mass is 35.5. The van der Waals surface area contributed by atoms with Gasteiger partial charge in [-0.2, -0.15) is 0 Å². The van der Waals surface area contributed by atoms with Crippen LogP contribution in [0.2, 0.25) is 10.0 Å². The summed E-state index contributed by atoms with van der Waals surface area (Å²) in [4.78, 5) is 12.8. The summed E-state index contributed by atoms with van der Waals surface area (Å²) in [6.07, 6.45) is 3.91. The van der Waals surface area contributed by atoms with E-state index in [2.05, 4.69) is 19.5 Å². The third kappa shape index (κ3) is 2.98. The minimum Gasteiger partial charge on any atom is -0.322 e. The molecule has 3 aromatic rings. The summed E-state index contributed by atoms with van der Waals surface area (Å²) < 4.78 is 2.06. The Kier molecular flexibility index (Phi) is 4.29. The lowest BCUT2D eigenvalue weighted by Crippen LogP contribution is -2.07. The van der Waals surface area contributed by atoms with Crippen molar-refractivity contribution in [1.29, 1.82) is 0 Å². The second-order valence-electron chi connectivity index (χ2n) is 4.51. The maximum Gasteiger partial charge on any atom is 0.115 e. The fourth-order valence-electron chi connectivity index (χ4n) is 2.20. The number of alkyl halides is 1. The van der Waals surface area contributed by atoms with Crippen molar-refractivity contribution < 1.29 is 0 Å². The Morgan fingerprint density at radius 1 is 1.14 bits per heavy atom. The molecule has 0 radical (unpaired) electrons. The Morgan fingerprint density at radius 2 is 1.95 bits per heavy atom. The first-order valence-electron chi connectivity index (χ1n) is 6.34. The van der Waals surface area contributed by atoms with Crippen LogP contribution in [0.1, 0.15) is 11.5 Å². The minimum atomic E-state index is 0.494. The summed E-state index contributed by atoms with van der Waals surface area (Å²) in [5.41, 5.74) is 2.62.